The number of benzene rings is 1. The molecule has 1 aliphatic carbocycles. The van der Waals surface area contributed by atoms with E-state index in [0.29, 0.717) is 29.7 Å². The van der Waals surface area contributed by atoms with E-state index in [2.05, 4.69) is 4.74 Å². The molecule has 2 aliphatic rings. The van der Waals surface area contributed by atoms with Gasteiger partial charge in [-0.1, -0.05) is 6.42 Å². The number of fused-ring (bicyclic) bond motifs is 1. The van der Waals surface area contributed by atoms with Crippen molar-refractivity contribution in [3.8, 4) is 5.75 Å². The van der Waals surface area contributed by atoms with Gasteiger partial charge < -0.3 is 14.7 Å². The van der Waals surface area contributed by atoms with Gasteiger partial charge >= 0.3 is 12.6 Å². The number of carboxylic acid groups (broad SMARTS) is 1. The number of halogens is 2. The highest BCUT2D eigenvalue weighted by atomic mass is 19.3. The maximum absolute atomic E-state index is 12.8. The summed E-state index contributed by atoms with van der Waals surface area (Å²) < 4.78 is 29.5. The number of hydrogen-bond acceptors (Lipinski definition) is 3. The van der Waals surface area contributed by atoms with Crippen LogP contribution in [0, 0.1) is 25.2 Å². The number of aryl methyl sites for hydroxylation is 2. The standard InChI is InChI=1S/C18H21F2NO4/c1-10-6-12(7-11(2)14(10)25-17(19)20)15(22)21-8-13-4-3-5-18(13,9-21)16(23)24/h6-7,13,17H,3-5,8-9H2,1-2H3,(H,23,24)/t13-,18+/m0/s1. The highest BCUT2D eigenvalue weighted by Crippen LogP contribution is 2.49. The summed E-state index contributed by atoms with van der Waals surface area (Å²) in [5.41, 5.74) is 0.447. The van der Waals surface area contributed by atoms with Crippen molar-refractivity contribution in [2.75, 3.05) is 13.1 Å². The number of likely N-dealkylation sites (tertiary alicyclic amines) is 1. The van der Waals surface area contributed by atoms with E-state index in [4.69, 9.17) is 0 Å². The number of carbonyl (C=O) groups is 2. The Morgan fingerprint density at radius 1 is 1.32 bits per heavy atom. The van der Waals surface area contributed by atoms with Crippen LogP contribution in [0.4, 0.5) is 8.78 Å². The van der Waals surface area contributed by atoms with Crippen LogP contribution in [-0.4, -0.2) is 41.6 Å². The molecule has 1 aromatic rings. The molecule has 0 unspecified atom stereocenters. The van der Waals surface area contributed by atoms with Crippen LogP contribution in [-0.2, 0) is 4.79 Å². The van der Waals surface area contributed by atoms with Crippen molar-refractivity contribution in [3.05, 3.63) is 28.8 Å². The smallest absolute Gasteiger partial charge is 0.387 e. The first-order chi connectivity index (χ1) is 11.7. The van der Waals surface area contributed by atoms with E-state index >= 15 is 0 Å². The molecular weight excluding hydrogens is 332 g/mol. The summed E-state index contributed by atoms with van der Waals surface area (Å²) in [6, 6.07) is 3.04. The van der Waals surface area contributed by atoms with Crippen molar-refractivity contribution in [1.29, 1.82) is 0 Å². The Morgan fingerprint density at radius 3 is 2.48 bits per heavy atom. The van der Waals surface area contributed by atoms with Gasteiger partial charge in [-0.25, -0.2) is 0 Å². The van der Waals surface area contributed by atoms with Gasteiger partial charge in [0.1, 0.15) is 5.75 Å². The third-order valence-corrected chi connectivity index (χ3v) is 5.50. The molecule has 2 atom stereocenters. The first-order valence-corrected chi connectivity index (χ1v) is 8.33. The highest BCUT2D eigenvalue weighted by Gasteiger charge is 2.55. The van der Waals surface area contributed by atoms with Crippen LogP contribution >= 0.6 is 0 Å². The second kappa shape index (κ2) is 6.28. The molecular formula is C18H21F2NO4. The lowest BCUT2D eigenvalue weighted by Gasteiger charge is -2.23. The van der Waals surface area contributed by atoms with Gasteiger partial charge in [0, 0.05) is 18.7 Å². The van der Waals surface area contributed by atoms with E-state index in [1.807, 2.05) is 0 Å². The first kappa shape index (κ1) is 17.6. The Kier molecular flexibility index (Phi) is 4.43. The van der Waals surface area contributed by atoms with Crippen LogP contribution < -0.4 is 4.74 Å². The molecule has 0 spiro atoms. The molecule has 1 saturated carbocycles. The lowest BCUT2D eigenvalue weighted by molar-refractivity contribution is -0.149. The largest absolute Gasteiger partial charge is 0.481 e. The summed E-state index contributed by atoms with van der Waals surface area (Å²) in [5, 5.41) is 9.63. The summed E-state index contributed by atoms with van der Waals surface area (Å²) >= 11 is 0. The lowest BCUT2D eigenvalue weighted by atomic mass is 9.81. The predicted molar refractivity (Wildman–Crippen MR) is 85.9 cm³/mol. The molecule has 1 aromatic carbocycles. The summed E-state index contributed by atoms with van der Waals surface area (Å²) in [5.74, 6) is -1.03. The molecule has 1 amide bonds. The Hall–Kier alpha value is -2.18. The summed E-state index contributed by atoms with van der Waals surface area (Å²) in [7, 11) is 0. The molecule has 25 heavy (non-hydrogen) atoms. The summed E-state index contributed by atoms with van der Waals surface area (Å²) in [6.45, 7) is 0.933. The molecule has 1 saturated heterocycles. The second-order valence-corrected chi connectivity index (χ2v) is 7.05. The topological polar surface area (TPSA) is 66.8 Å². The van der Waals surface area contributed by atoms with Gasteiger partial charge in [0.25, 0.3) is 5.91 Å². The summed E-state index contributed by atoms with van der Waals surface area (Å²) in [4.78, 5) is 26.1. The molecule has 3 rings (SSSR count). The highest BCUT2D eigenvalue weighted by molar-refractivity contribution is 5.96. The monoisotopic (exact) mass is 353 g/mol. The normalized spacial score (nSPS) is 25.3. The van der Waals surface area contributed by atoms with Gasteiger partial charge in [-0.05, 0) is 55.9 Å². The number of carbonyl (C=O) groups excluding carboxylic acids is 1. The van der Waals surface area contributed by atoms with Gasteiger partial charge in [-0.3, -0.25) is 9.59 Å². The lowest BCUT2D eigenvalue weighted by Crippen LogP contribution is -2.37. The number of nitrogens with zero attached hydrogens (tertiary/aromatic N) is 1. The van der Waals surface area contributed by atoms with Crippen molar-refractivity contribution in [3.63, 3.8) is 0 Å². The molecule has 7 heteroatoms. The van der Waals surface area contributed by atoms with E-state index in [9.17, 15) is 23.5 Å². The number of hydrogen-bond donors (Lipinski definition) is 1. The van der Waals surface area contributed by atoms with E-state index in [1.165, 1.54) is 12.1 Å². The van der Waals surface area contributed by atoms with Gasteiger partial charge in [0.15, 0.2) is 0 Å². The first-order valence-electron chi connectivity index (χ1n) is 8.33. The molecule has 0 radical (unpaired) electrons. The van der Waals surface area contributed by atoms with Gasteiger partial charge in [0.2, 0.25) is 0 Å². The van der Waals surface area contributed by atoms with Gasteiger partial charge in [0.05, 0.1) is 5.41 Å². The van der Waals surface area contributed by atoms with E-state index in [0.717, 1.165) is 12.8 Å². The van der Waals surface area contributed by atoms with Crippen molar-refractivity contribution < 1.29 is 28.2 Å². The van der Waals surface area contributed by atoms with Crippen LogP contribution in [0.3, 0.4) is 0 Å². The fourth-order valence-corrected chi connectivity index (χ4v) is 4.32. The van der Waals surface area contributed by atoms with Crippen molar-refractivity contribution in [2.24, 2.45) is 11.3 Å². The SMILES string of the molecule is Cc1cc(C(=O)N2C[C@@H]3CCC[C@@]3(C(=O)O)C2)cc(C)c1OC(F)F. The Balaban J connectivity index is 1.84. The van der Waals surface area contributed by atoms with Crippen molar-refractivity contribution in [2.45, 2.75) is 39.7 Å². The number of ether oxygens (including phenoxy) is 1. The second-order valence-electron chi connectivity index (χ2n) is 7.05. The minimum atomic E-state index is -2.92. The minimum Gasteiger partial charge on any atom is -0.481 e. The predicted octanol–water partition coefficient (Wildman–Crippen LogP) is 3.23. The Bertz CT molecular complexity index is 698. The Labute approximate surface area is 144 Å². The fourth-order valence-electron chi connectivity index (χ4n) is 4.32. The van der Waals surface area contributed by atoms with Crippen LogP contribution in [0.25, 0.3) is 0 Å². The molecule has 1 N–H and O–H groups in total. The van der Waals surface area contributed by atoms with Gasteiger partial charge in [-0.15, -0.1) is 0 Å². The molecule has 5 nitrogen and oxygen atoms in total. The quantitative estimate of drug-likeness (QED) is 0.902. The van der Waals surface area contributed by atoms with Crippen LogP contribution in [0.15, 0.2) is 12.1 Å². The average Bonchev–Trinajstić information content (AvgIpc) is 3.07. The third kappa shape index (κ3) is 2.96. The summed E-state index contributed by atoms with van der Waals surface area (Å²) in [6.07, 6.45) is 2.28. The zero-order valence-electron chi connectivity index (χ0n) is 14.2. The van der Waals surface area contributed by atoms with E-state index in [-0.39, 0.29) is 24.1 Å². The number of alkyl halides is 2. The minimum absolute atomic E-state index is 0.0161. The molecule has 0 aromatic heterocycles. The average molecular weight is 353 g/mol. The third-order valence-electron chi connectivity index (χ3n) is 5.50. The van der Waals surface area contributed by atoms with Crippen LogP contribution in [0.1, 0.15) is 40.7 Å². The number of rotatable bonds is 4. The van der Waals surface area contributed by atoms with Gasteiger partial charge in [-0.2, -0.15) is 8.78 Å². The van der Waals surface area contributed by atoms with Crippen molar-refractivity contribution in [1.82, 2.24) is 4.90 Å². The van der Waals surface area contributed by atoms with E-state index < -0.39 is 18.0 Å². The Morgan fingerprint density at radius 2 is 1.96 bits per heavy atom. The molecule has 1 heterocycles. The zero-order valence-corrected chi connectivity index (χ0v) is 14.2. The molecule has 136 valence electrons. The number of amides is 1. The zero-order chi connectivity index (χ0) is 18.4. The fraction of sp³-hybridized carbons (Fsp3) is 0.556. The van der Waals surface area contributed by atoms with Crippen LogP contribution in [0.5, 0.6) is 5.75 Å². The van der Waals surface area contributed by atoms with Crippen LogP contribution in [0.2, 0.25) is 0 Å². The van der Waals surface area contributed by atoms with E-state index in [1.54, 1.807) is 18.7 Å². The molecule has 0 bridgehead atoms. The maximum atomic E-state index is 12.8. The van der Waals surface area contributed by atoms with Crippen molar-refractivity contribution >= 4 is 11.9 Å². The molecule has 2 fully saturated rings. The molecule has 1 aliphatic heterocycles. The maximum Gasteiger partial charge on any atom is 0.387 e. The number of carboxylic acids is 1. The number of aliphatic carboxylic acids is 1.